The quantitative estimate of drug-likeness (QED) is 0.617. The fourth-order valence-corrected chi connectivity index (χ4v) is 2.87. The van der Waals surface area contributed by atoms with Crippen molar-refractivity contribution in [2.75, 3.05) is 6.26 Å². The number of carbonyl (C=O) groups is 2. The molecule has 2 heterocycles. The Bertz CT molecular complexity index is 1120. The molecular formula is C15H9ClF6N2O6S. The Hall–Kier alpha value is -2.94. The molecule has 0 aliphatic rings. The molecule has 2 rings (SSSR count). The zero-order chi connectivity index (χ0) is 24.4. The van der Waals surface area contributed by atoms with Gasteiger partial charge in [0.2, 0.25) is 0 Å². The lowest BCUT2D eigenvalue weighted by atomic mass is 10.2. The van der Waals surface area contributed by atoms with Crippen LogP contribution in [0.2, 0.25) is 5.02 Å². The number of nitrogens with zero attached hydrogens (tertiary/aromatic N) is 2. The van der Waals surface area contributed by atoms with Crippen LogP contribution in [0.5, 0.6) is 0 Å². The molecule has 0 aliphatic heterocycles. The van der Waals surface area contributed by atoms with Crippen LogP contribution < -0.4 is 0 Å². The van der Waals surface area contributed by atoms with Crippen LogP contribution in [-0.4, -0.2) is 46.8 Å². The fraction of sp³-hybridized carbons (Fsp3) is 0.200. The third-order valence-corrected chi connectivity index (χ3v) is 4.55. The van der Waals surface area contributed by atoms with Gasteiger partial charge in [0.15, 0.2) is 21.2 Å². The largest absolute Gasteiger partial charge is 0.476 e. The van der Waals surface area contributed by atoms with E-state index >= 15 is 0 Å². The van der Waals surface area contributed by atoms with Gasteiger partial charge in [0.25, 0.3) is 0 Å². The van der Waals surface area contributed by atoms with Crippen LogP contribution >= 0.6 is 11.6 Å². The van der Waals surface area contributed by atoms with E-state index < -0.39 is 66.6 Å². The summed E-state index contributed by atoms with van der Waals surface area (Å²) in [5, 5.41) is 16.5. The number of pyridine rings is 2. The van der Waals surface area contributed by atoms with Crippen LogP contribution in [0.1, 0.15) is 32.1 Å². The van der Waals surface area contributed by atoms with Crippen molar-refractivity contribution in [1.82, 2.24) is 9.97 Å². The molecular weight excluding hydrogens is 486 g/mol. The van der Waals surface area contributed by atoms with Gasteiger partial charge in [-0.3, -0.25) is 0 Å². The predicted octanol–water partition coefficient (Wildman–Crippen LogP) is 3.65. The SMILES string of the molecule is CS(=O)(=O)c1cc(C(F)(F)F)cnc1C(=O)O.O=C(O)c1ncc(C(F)(F)F)cc1Cl. The van der Waals surface area contributed by atoms with Crippen molar-refractivity contribution < 1.29 is 54.6 Å². The maximum absolute atomic E-state index is 12.3. The van der Waals surface area contributed by atoms with Gasteiger partial charge in [0, 0.05) is 18.6 Å². The number of rotatable bonds is 3. The lowest BCUT2D eigenvalue weighted by Crippen LogP contribution is -2.14. The number of hydrogen-bond acceptors (Lipinski definition) is 6. The highest BCUT2D eigenvalue weighted by Crippen LogP contribution is 2.31. The van der Waals surface area contributed by atoms with Crippen LogP contribution in [0.3, 0.4) is 0 Å². The first kappa shape index (κ1) is 26.1. The van der Waals surface area contributed by atoms with Crippen molar-refractivity contribution in [2.24, 2.45) is 0 Å². The van der Waals surface area contributed by atoms with Crippen LogP contribution in [0.25, 0.3) is 0 Å². The van der Waals surface area contributed by atoms with Crippen molar-refractivity contribution in [1.29, 1.82) is 0 Å². The van der Waals surface area contributed by atoms with E-state index in [4.69, 9.17) is 21.8 Å². The molecule has 0 aromatic carbocycles. The first-order valence-electron chi connectivity index (χ1n) is 7.32. The van der Waals surface area contributed by atoms with E-state index in [-0.39, 0.29) is 12.3 Å². The number of sulfone groups is 1. The molecule has 0 saturated heterocycles. The van der Waals surface area contributed by atoms with Gasteiger partial charge in [-0.05, 0) is 12.1 Å². The predicted molar refractivity (Wildman–Crippen MR) is 90.5 cm³/mol. The van der Waals surface area contributed by atoms with Gasteiger partial charge in [-0.25, -0.2) is 28.0 Å². The number of carboxylic acids is 2. The summed E-state index contributed by atoms with van der Waals surface area (Å²) in [7, 11) is -4.10. The molecule has 170 valence electrons. The van der Waals surface area contributed by atoms with Crippen LogP contribution in [0, 0.1) is 0 Å². The summed E-state index contributed by atoms with van der Waals surface area (Å²) < 4.78 is 95.4. The summed E-state index contributed by atoms with van der Waals surface area (Å²) in [6, 6.07) is 0.782. The Morgan fingerprint density at radius 2 is 1.26 bits per heavy atom. The molecule has 2 N–H and O–H groups in total. The smallest absolute Gasteiger partial charge is 0.417 e. The summed E-state index contributed by atoms with van der Waals surface area (Å²) in [5.41, 5.74) is -3.92. The minimum absolute atomic E-state index is 0.256. The number of aromatic carboxylic acids is 2. The summed E-state index contributed by atoms with van der Waals surface area (Å²) >= 11 is 5.29. The van der Waals surface area contributed by atoms with E-state index in [0.29, 0.717) is 18.5 Å². The number of aromatic nitrogens is 2. The van der Waals surface area contributed by atoms with Crippen LogP contribution in [0.15, 0.2) is 29.4 Å². The van der Waals surface area contributed by atoms with E-state index in [1.165, 1.54) is 0 Å². The number of carboxylic acid groups (broad SMARTS) is 2. The summed E-state index contributed by atoms with van der Waals surface area (Å²) in [5.74, 6) is -3.18. The maximum Gasteiger partial charge on any atom is 0.417 e. The second-order valence-corrected chi connectivity index (χ2v) is 7.89. The van der Waals surface area contributed by atoms with E-state index in [1.807, 2.05) is 0 Å². The standard InChI is InChI=1S/C8H6F3NO4S.C7H3ClF3NO2/c1-17(15,16)5-2-4(8(9,10)11)3-12-6(5)7(13)14;8-4-1-3(7(9,10)11)2-12-5(4)6(13)14/h2-3H,1H3,(H,13,14);1-2H,(H,13,14). The average Bonchev–Trinajstić information content (AvgIpc) is 2.59. The molecule has 0 unspecified atom stereocenters. The summed E-state index contributed by atoms with van der Waals surface area (Å²) in [4.78, 5) is 26.1. The molecule has 0 bridgehead atoms. The highest BCUT2D eigenvalue weighted by Gasteiger charge is 2.34. The molecule has 8 nitrogen and oxygen atoms in total. The zero-order valence-electron chi connectivity index (χ0n) is 14.8. The van der Waals surface area contributed by atoms with Gasteiger partial charge in [-0.15, -0.1) is 0 Å². The Labute approximate surface area is 174 Å². The second kappa shape index (κ2) is 9.05. The van der Waals surface area contributed by atoms with Gasteiger partial charge in [-0.2, -0.15) is 26.3 Å². The molecule has 0 aliphatic carbocycles. The summed E-state index contributed by atoms with van der Waals surface area (Å²) in [6.45, 7) is 0. The minimum atomic E-state index is -4.79. The Morgan fingerprint density at radius 3 is 1.58 bits per heavy atom. The van der Waals surface area contributed by atoms with Gasteiger partial charge in [-0.1, -0.05) is 11.6 Å². The van der Waals surface area contributed by atoms with E-state index in [0.717, 1.165) is 0 Å². The van der Waals surface area contributed by atoms with Crippen molar-refractivity contribution in [3.63, 3.8) is 0 Å². The molecule has 31 heavy (non-hydrogen) atoms. The Balaban J connectivity index is 0.000000316. The summed E-state index contributed by atoms with van der Waals surface area (Å²) in [6.07, 6.45) is -8.05. The molecule has 16 heteroatoms. The van der Waals surface area contributed by atoms with Crippen molar-refractivity contribution >= 4 is 33.4 Å². The lowest BCUT2D eigenvalue weighted by molar-refractivity contribution is -0.138. The maximum atomic E-state index is 12.3. The first-order valence-corrected chi connectivity index (χ1v) is 9.59. The average molecular weight is 495 g/mol. The van der Waals surface area contributed by atoms with Gasteiger partial charge in [0.1, 0.15) is 4.90 Å². The second-order valence-electron chi connectivity index (χ2n) is 5.50. The first-order chi connectivity index (χ1) is 13.9. The lowest BCUT2D eigenvalue weighted by Gasteiger charge is -2.09. The topological polar surface area (TPSA) is 135 Å². The molecule has 0 amide bonds. The molecule has 0 spiro atoms. The number of hydrogen-bond donors (Lipinski definition) is 2. The molecule has 2 aromatic heterocycles. The number of alkyl halides is 6. The third kappa shape index (κ3) is 7.06. The van der Waals surface area contributed by atoms with Gasteiger partial charge in [0.05, 0.1) is 16.1 Å². The Kier molecular flexibility index (Phi) is 7.62. The third-order valence-electron chi connectivity index (χ3n) is 3.15. The highest BCUT2D eigenvalue weighted by atomic mass is 35.5. The molecule has 0 atom stereocenters. The minimum Gasteiger partial charge on any atom is -0.476 e. The van der Waals surface area contributed by atoms with Gasteiger partial charge < -0.3 is 10.2 Å². The van der Waals surface area contributed by atoms with Crippen molar-refractivity contribution in [2.45, 2.75) is 17.2 Å². The Morgan fingerprint density at radius 1 is 0.871 bits per heavy atom. The molecule has 0 saturated carbocycles. The highest BCUT2D eigenvalue weighted by molar-refractivity contribution is 7.90. The van der Waals surface area contributed by atoms with E-state index in [1.54, 1.807) is 0 Å². The monoisotopic (exact) mass is 494 g/mol. The van der Waals surface area contributed by atoms with Crippen LogP contribution in [-0.2, 0) is 22.2 Å². The fourth-order valence-electron chi connectivity index (χ4n) is 1.79. The molecule has 2 aromatic rings. The zero-order valence-corrected chi connectivity index (χ0v) is 16.4. The molecule has 0 fully saturated rings. The number of halogens is 7. The normalized spacial score (nSPS) is 12.0. The van der Waals surface area contributed by atoms with Gasteiger partial charge >= 0.3 is 24.3 Å². The molecule has 0 radical (unpaired) electrons. The van der Waals surface area contributed by atoms with Crippen LogP contribution in [0.4, 0.5) is 26.3 Å². The van der Waals surface area contributed by atoms with Crippen molar-refractivity contribution in [3.8, 4) is 0 Å². The van der Waals surface area contributed by atoms with E-state index in [9.17, 15) is 44.3 Å². The van der Waals surface area contributed by atoms with E-state index in [2.05, 4.69) is 9.97 Å². The van der Waals surface area contributed by atoms with Crippen molar-refractivity contribution in [3.05, 3.63) is 52.1 Å².